The van der Waals surface area contributed by atoms with Crippen LogP contribution in [0.5, 0.6) is 0 Å². The van der Waals surface area contributed by atoms with Gasteiger partial charge in [0.2, 0.25) is 5.91 Å². The second kappa shape index (κ2) is 7.11. The summed E-state index contributed by atoms with van der Waals surface area (Å²) in [7, 11) is 0. The van der Waals surface area contributed by atoms with Crippen LogP contribution in [0.3, 0.4) is 0 Å². The van der Waals surface area contributed by atoms with Gasteiger partial charge in [-0.1, -0.05) is 6.92 Å². The maximum absolute atomic E-state index is 11.6. The Morgan fingerprint density at radius 3 is 2.19 bits per heavy atom. The van der Waals surface area contributed by atoms with Crippen molar-refractivity contribution in [3.8, 4) is 0 Å². The highest BCUT2D eigenvalue weighted by atomic mass is 16.5. The standard InChI is InChI=1S/C16H22N2O3/c1-3-15(19)18-11-9-17(10-12-18)14-7-5-13(6-8-14)16(20)21-4-2/h5-8H,3-4,9-12H2,1-2H3. The summed E-state index contributed by atoms with van der Waals surface area (Å²) in [6.45, 7) is 7.23. The Kier molecular flexibility index (Phi) is 5.20. The zero-order chi connectivity index (χ0) is 15.2. The molecule has 0 atom stereocenters. The molecule has 1 amide bonds. The molecule has 1 saturated heterocycles. The number of amides is 1. The lowest BCUT2D eigenvalue weighted by atomic mass is 10.2. The smallest absolute Gasteiger partial charge is 0.338 e. The van der Waals surface area contributed by atoms with Gasteiger partial charge in [-0.05, 0) is 31.2 Å². The molecule has 0 radical (unpaired) electrons. The van der Waals surface area contributed by atoms with Crippen molar-refractivity contribution in [2.24, 2.45) is 0 Å². The van der Waals surface area contributed by atoms with E-state index in [-0.39, 0.29) is 11.9 Å². The number of hydrogen-bond acceptors (Lipinski definition) is 4. The molecule has 2 rings (SSSR count). The third kappa shape index (κ3) is 3.74. The Balaban J connectivity index is 1.95. The molecule has 1 aromatic carbocycles. The molecule has 0 aromatic heterocycles. The summed E-state index contributed by atoms with van der Waals surface area (Å²) in [5.41, 5.74) is 1.65. The molecule has 0 N–H and O–H groups in total. The number of hydrogen-bond donors (Lipinski definition) is 0. The minimum absolute atomic E-state index is 0.215. The van der Waals surface area contributed by atoms with Crippen molar-refractivity contribution in [2.45, 2.75) is 20.3 Å². The normalized spacial score (nSPS) is 15.0. The average molecular weight is 290 g/mol. The summed E-state index contributed by atoms with van der Waals surface area (Å²) in [5.74, 6) is -0.0743. The molecule has 1 aliphatic rings. The van der Waals surface area contributed by atoms with Crippen LogP contribution in [0.25, 0.3) is 0 Å². The number of nitrogens with zero attached hydrogens (tertiary/aromatic N) is 2. The van der Waals surface area contributed by atoms with E-state index in [0.29, 0.717) is 18.6 Å². The summed E-state index contributed by atoms with van der Waals surface area (Å²) in [4.78, 5) is 27.4. The zero-order valence-corrected chi connectivity index (χ0v) is 12.7. The lowest BCUT2D eigenvalue weighted by molar-refractivity contribution is -0.131. The summed E-state index contributed by atoms with van der Waals surface area (Å²) < 4.78 is 4.97. The Morgan fingerprint density at radius 1 is 1.05 bits per heavy atom. The maximum atomic E-state index is 11.6. The molecule has 1 aromatic rings. The summed E-state index contributed by atoms with van der Waals surface area (Å²) in [5, 5.41) is 0. The fourth-order valence-corrected chi connectivity index (χ4v) is 2.46. The zero-order valence-electron chi connectivity index (χ0n) is 12.7. The van der Waals surface area contributed by atoms with Gasteiger partial charge in [-0.15, -0.1) is 0 Å². The maximum Gasteiger partial charge on any atom is 0.338 e. The van der Waals surface area contributed by atoms with Crippen LogP contribution in [0.15, 0.2) is 24.3 Å². The van der Waals surface area contributed by atoms with Crippen molar-refractivity contribution < 1.29 is 14.3 Å². The van der Waals surface area contributed by atoms with E-state index < -0.39 is 0 Å². The predicted octanol–water partition coefficient (Wildman–Crippen LogP) is 1.92. The van der Waals surface area contributed by atoms with Gasteiger partial charge in [0.1, 0.15) is 0 Å². The molecule has 1 heterocycles. The molecule has 0 bridgehead atoms. The first kappa shape index (κ1) is 15.4. The van der Waals surface area contributed by atoms with Crippen molar-refractivity contribution in [1.82, 2.24) is 4.90 Å². The van der Waals surface area contributed by atoms with E-state index >= 15 is 0 Å². The molecule has 21 heavy (non-hydrogen) atoms. The Hall–Kier alpha value is -2.04. The van der Waals surface area contributed by atoms with E-state index in [1.165, 1.54) is 0 Å². The number of rotatable bonds is 4. The molecule has 5 nitrogen and oxygen atoms in total. The number of carbonyl (C=O) groups excluding carboxylic acids is 2. The van der Waals surface area contributed by atoms with E-state index in [2.05, 4.69) is 4.90 Å². The average Bonchev–Trinajstić information content (AvgIpc) is 2.54. The lowest BCUT2D eigenvalue weighted by Crippen LogP contribution is -2.48. The van der Waals surface area contributed by atoms with E-state index in [9.17, 15) is 9.59 Å². The van der Waals surface area contributed by atoms with Gasteiger partial charge in [-0.25, -0.2) is 4.79 Å². The molecule has 1 fully saturated rings. The molecule has 114 valence electrons. The predicted molar refractivity (Wildman–Crippen MR) is 81.5 cm³/mol. The van der Waals surface area contributed by atoms with Crippen LogP contribution in [-0.4, -0.2) is 49.6 Å². The van der Waals surface area contributed by atoms with E-state index in [1.54, 1.807) is 19.1 Å². The van der Waals surface area contributed by atoms with Crippen molar-refractivity contribution >= 4 is 17.6 Å². The third-order valence-corrected chi connectivity index (χ3v) is 3.68. The number of ether oxygens (including phenoxy) is 1. The topological polar surface area (TPSA) is 49.9 Å². The number of anilines is 1. The summed E-state index contributed by atoms with van der Waals surface area (Å²) in [6, 6.07) is 7.45. The first-order valence-corrected chi connectivity index (χ1v) is 7.45. The van der Waals surface area contributed by atoms with Crippen molar-refractivity contribution in [3.63, 3.8) is 0 Å². The van der Waals surface area contributed by atoms with Crippen molar-refractivity contribution in [1.29, 1.82) is 0 Å². The fourth-order valence-electron chi connectivity index (χ4n) is 2.46. The van der Waals surface area contributed by atoms with Crippen LogP contribution < -0.4 is 4.90 Å². The van der Waals surface area contributed by atoms with Crippen molar-refractivity contribution in [2.75, 3.05) is 37.7 Å². The monoisotopic (exact) mass is 290 g/mol. The first-order chi connectivity index (χ1) is 10.2. The quantitative estimate of drug-likeness (QED) is 0.795. The van der Waals surface area contributed by atoms with Crippen LogP contribution in [0.4, 0.5) is 5.69 Å². The first-order valence-electron chi connectivity index (χ1n) is 7.45. The largest absolute Gasteiger partial charge is 0.462 e. The lowest BCUT2D eigenvalue weighted by Gasteiger charge is -2.36. The molecular weight excluding hydrogens is 268 g/mol. The molecule has 0 spiro atoms. The molecule has 1 aliphatic heterocycles. The fraction of sp³-hybridized carbons (Fsp3) is 0.500. The highest BCUT2D eigenvalue weighted by molar-refractivity contribution is 5.89. The summed E-state index contributed by atoms with van der Waals surface area (Å²) in [6.07, 6.45) is 0.564. The van der Waals surface area contributed by atoms with Crippen LogP contribution in [0, 0.1) is 0 Å². The van der Waals surface area contributed by atoms with Crippen LogP contribution in [0.2, 0.25) is 0 Å². The Labute approximate surface area is 125 Å². The molecule has 0 saturated carbocycles. The van der Waals surface area contributed by atoms with Gasteiger partial charge in [-0.3, -0.25) is 4.79 Å². The highest BCUT2D eigenvalue weighted by Crippen LogP contribution is 2.18. The van der Waals surface area contributed by atoms with Gasteiger partial charge in [0, 0.05) is 38.3 Å². The van der Waals surface area contributed by atoms with Gasteiger partial charge in [0.05, 0.1) is 12.2 Å². The number of benzene rings is 1. The Morgan fingerprint density at radius 2 is 1.67 bits per heavy atom. The number of esters is 1. The minimum atomic E-state index is -0.289. The van der Waals surface area contributed by atoms with Crippen LogP contribution >= 0.6 is 0 Å². The second-order valence-electron chi connectivity index (χ2n) is 4.99. The number of piperazine rings is 1. The highest BCUT2D eigenvalue weighted by Gasteiger charge is 2.20. The molecule has 5 heteroatoms. The van der Waals surface area contributed by atoms with Gasteiger partial charge in [-0.2, -0.15) is 0 Å². The Bertz CT molecular complexity index is 491. The SMILES string of the molecule is CCOC(=O)c1ccc(N2CCN(C(=O)CC)CC2)cc1. The molecule has 0 unspecified atom stereocenters. The summed E-state index contributed by atoms with van der Waals surface area (Å²) >= 11 is 0. The van der Waals surface area contributed by atoms with E-state index in [0.717, 1.165) is 31.9 Å². The van der Waals surface area contributed by atoms with Gasteiger partial charge in [0.25, 0.3) is 0 Å². The third-order valence-electron chi connectivity index (χ3n) is 3.68. The van der Waals surface area contributed by atoms with E-state index in [1.807, 2.05) is 24.0 Å². The van der Waals surface area contributed by atoms with Gasteiger partial charge < -0.3 is 14.5 Å². The van der Waals surface area contributed by atoms with Crippen LogP contribution in [0.1, 0.15) is 30.6 Å². The molecule has 0 aliphatic carbocycles. The van der Waals surface area contributed by atoms with Gasteiger partial charge in [0.15, 0.2) is 0 Å². The van der Waals surface area contributed by atoms with Crippen LogP contribution in [-0.2, 0) is 9.53 Å². The number of carbonyl (C=O) groups is 2. The van der Waals surface area contributed by atoms with Crippen molar-refractivity contribution in [3.05, 3.63) is 29.8 Å². The second-order valence-corrected chi connectivity index (χ2v) is 4.99. The van der Waals surface area contributed by atoms with Gasteiger partial charge >= 0.3 is 5.97 Å². The minimum Gasteiger partial charge on any atom is -0.462 e. The molecular formula is C16H22N2O3. The van der Waals surface area contributed by atoms with E-state index in [4.69, 9.17) is 4.74 Å².